The molecule has 102 valence electrons. The van der Waals surface area contributed by atoms with Crippen LogP contribution < -0.4 is 5.32 Å². The Hall–Kier alpha value is -2.36. The molecule has 1 saturated heterocycles. The summed E-state index contributed by atoms with van der Waals surface area (Å²) in [6.07, 6.45) is 3.64. The molecule has 4 heteroatoms. The van der Waals surface area contributed by atoms with E-state index in [0.717, 1.165) is 6.54 Å². The Labute approximate surface area is 118 Å². The van der Waals surface area contributed by atoms with Gasteiger partial charge in [-0.15, -0.1) is 0 Å². The molecular weight excluding hydrogens is 250 g/mol. The topological polar surface area (TPSA) is 46.5 Å². The van der Waals surface area contributed by atoms with Gasteiger partial charge >= 0.3 is 0 Å². The van der Waals surface area contributed by atoms with E-state index in [-0.39, 0.29) is 5.92 Å². The summed E-state index contributed by atoms with van der Waals surface area (Å²) in [5.74, 6) is 0.220. The summed E-state index contributed by atoms with van der Waals surface area (Å²) in [6, 6.07) is 15.1. The maximum absolute atomic E-state index is 5.40. The Morgan fingerprint density at radius 3 is 2.55 bits per heavy atom. The van der Waals surface area contributed by atoms with E-state index < -0.39 is 0 Å². The molecule has 3 rings (SSSR count). The van der Waals surface area contributed by atoms with Crippen molar-refractivity contribution >= 4 is 6.02 Å². The van der Waals surface area contributed by atoms with Crippen molar-refractivity contribution in [1.29, 1.82) is 0 Å². The van der Waals surface area contributed by atoms with Crippen molar-refractivity contribution in [2.45, 2.75) is 5.92 Å². The van der Waals surface area contributed by atoms with Crippen molar-refractivity contribution in [2.24, 2.45) is 4.99 Å². The molecule has 0 radical (unpaired) electrons. The molecule has 1 aliphatic heterocycles. The fraction of sp³-hybridized carbons (Fsp3) is 0.250. The smallest absolute Gasteiger partial charge is 0.284 e. The Morgan fingerprint density at radius 2 is 1.85 bits per heavy atom. The molecule has 0 bridgehead atoms. The number of benzene rings is 1. The molecule has 0 saturated carbocycles. The number of hydrogen-bond donors (Lipinski definition) is 1. The predicted octanol–water partition coefficient (Wildman–Crippen LogP) is 2.19. The van der Waals surface area contributed by atoms with E-state index in [1.54, 1.807) is 0 Å². The predicted molar refractivity (Wildman–Crippen MR) is 78.8 cm³/mol. The maximum Gasteiger partial charge on any atom is 0.284 e. The Kier molecular flexibility index (Phi) is 3.92. The van der Waals surface area contributed by atoms with Crippen LogP contribution in [0.3, 0.4) is 0 Å². The van der Waals surface area contributed by atoms with E-state index in [4.69, 9.17) is 4.74 Å². The normalized spacial score (nSPS) is 17.5. The van der Waals surface area contributed by atoms with E-state index >= 15 is 0 Å². The van der Waals surface area contributed by atoms with Crippen molar-refractivity contribution < 1.29 is 4.74 Å². The molecule has 0 spiro atoms. The van der Waals surface area contributed by atoms with Crippen LogP contribution in [-0.4, -0.2) is 30.7 Å². The molecule has 1 N–H and O–H groups in total. The van der Waals surface area contributed by atoms with E-state index in [9.17, 15) is 0 Å². The van der Waals surface area contributed by atoms with Crippen molar-refractivity contribution in [1.82, 2.24) is 10.3 Å². The largest absolute Gasteiger partial charge is 0.463 e. The quantitative estimate of drug-likeness (QED) is 0.923. The van der Waals surface area contributed by atoms with Crippen LogP contribution in [0, 0.1) is 0 Å². The summed E-state index contributed by atoms with van der Waals surface area (Å²) in [5, 5.41) is 3.13. The van der Waals surface area contributed by atoms with Gasteiger partial charge in [0.2, 0.25) is 0 Å². The van der Waals surface area contributed by atoms with Crippen molar-refractivity contribution in [2.75, 3.05) is 19.7 Å². The maximum atomic E-state index is 5.40. The molecule has 0 aliphatic carbocycles. The zero-order valence-electron chi connectivity index (χ0n) is 11.2. The summed E-state index contributed by atoms with van der Waals surface area (Å²) in [6.45, 7) is 2.20. The SMILES string of the molecule is c1ccc(C(CN=C2NCCO2)c2ccncc2)cc1. The van der Waals surface area contributed by atoms with Gasteiger partial charge < -0.3 is 10.1 Å². The van der Waals surface area contributed by atoms with Crippen LogP contribution in [0.5, 0.6) is 0 Å². The van der Waals surface area contributed by atoms with Crippen molar-refractivity contribution in [3.05, 3.63) is 66.0 Å². The van der Waals surface area contributed by atoms with E-state index in [1.165, 1.54) is 11.1 Å². The molecule has 1 aliphatic rings. The molecule has 1 aromatic carbocycles. The van der Waals surface area contributed by atoms with Crippen LogP contribution >= 0.6 is 0 Å². The van der Waals surface area contributed by atoms with Crippen LogP contribution in [0.1, 0.15) is 17.0 Å². The van der Waals surface area contributed by atoms with Gasteiger partial charge in [0.05, 0.1) is 13.1 Å². The number of nitrogens with one attached hydrogen (secondary N) is 1. The lowest BCUT2D eigenvalue weighted by atomic mass is 9.92. The van der Waals surface area contributed by atoms with Crippen LogP contribution in [0.2, 0.25) is 0 Å². The van der Waals surface area contributed by atoms with E-state index in [0.29, 0.717) is 19.2 Å². The number of aromatic nitrogens is 1. The van der Waals surface area contributed by atoms with Gasteiger partial charge in [-0.25, -0.2) is 4.99 Å². The lowest BCUT2D eigenvalue weighted by Crippen LogP contribution is -2.17. The van der Waals surface area contributed by atoms with Crippen LogP contribution in [-0.2, 0) is 4.74 Å². The van der Waals surface area contributed by atoms with E-state index in [2.05, 4.69) is 39.6 Å². The third kappa shape index (κ3) is 2.96. The second-order valence-electron chi connectivity index (χ2n) is 4.66. The summed E-state index contributed by atoms with van der Waals surface area (Å²) in [7, 11) is 0. The van der Waals surface area contributed by atoms with Gasteiger partial charge in [-0.05, 0) is 23.3 Å². The first kappa shape index (κ1) is 12.7. The summed E-state index contributed by atoms with van der Waals surface area (Å²) < 4.78 is 5.40. The zero-order chi connectivity index (χ0) is 13.6. The number of rotatable bonds is 4. The molecule has 1 atom stereocenters. The van der Waals surface area contributed by atoms with Crippen molar-refractivity contribution in [3.8, 4) is 0 Å². The van der Waals surface area contributed by atoms with Crippen molar-refractivity contribution in [3.63, 3.8) is 0 Å². The highest BCUT2D eigenvalue weighted by atomic mass is 16.5. The minimum absolute atomic E-state index is 0.220. The molecule has 1 aromatic heterocycles. The Balaban J connectivity index is 1.86. The number of pyridine rings is 1. The van der Waals surface area contributed by atoms with Crippen LogP contribution in [0.25, 0.3) is 0 Å². The number of nitrogens with zero attached hydrogens (tertiary/aromatic N) is 2. The Morgan fingerprint density at radius 1 is 1.10 bits per heavy atom. The third-order valence-corrected chi connectivity index (χ3v) is 3.34. The first-order valence-electron chi connectivity index (χ1n) is 6.79. The second kappa shape index (κ2) is 6.19. The van der Waals surface area contributed by atoms with Gasteiger partial charge in [-0.3, -0.25) is 4.98 Å². The average Bonchev–Trinajstić information content (AvgIpc) is 3.03. The lowest BCUT2D eigenvalue weighted by Gasteiger charge is -2.15. The summed E-state index contributed by atoms with van der Waals surface area (Å²) in [5.41, 5.74) is 2.47. The molecule has 1 unspecified atom stereocenters. The summed E-state index contributed by atoms with van der Waals surface area (Å²) in [4.78, 5) is 8.63. The van der Waals surface area contributed by atoms with Gasteiger partial charge in [0, 0.05) is 18.3 Å². The van der Waals surface area contributed by atoms with Gasteiger partial charge in [0.25, 0.3) is 6.02 Å². The minimum Gasteiger partial charge on any atom is -0.463 e. The number of amidine groups is 1. The standard InChI is InChI=1S/C16H17N3O/c1-2-4-13(5-3-1)15(14-6-8-17-9-7-14)12-19-16-18-10-11-20-16/h1-9,15H,10-12H2,(H,18,19). The average molecular weight is 267 g/mol. The van der Waals surface area contributed by atoms with Crippen LogP contribution in [0.15, 0.2) is 59.9 Å². The minimum atomic E-state index is 0.220. The molecule has 4 nitrogen and oxygen atoms in total. The van der Waals surface area contributed by atoms with Crippen LogP contribution in [0.4, 0.5) is 0 Å². The number of aliphatic imine (C=N–C) groups is 1. The fourth-order valence-electron chi connectivity index (χ4n) is 2.32. The Bertz CT molecular complexity index is 521. The second-order valence-corrected chi connectivity index (χ2v) is 4.66. The molecular formula is C16H17N3O. The fourth-order valence-corrected chi connectivity index (χ4v) is 2.32. The van der Waals surface area contributed by atoms with Gasteiger partial charge in [0.15, 0.2) is 0 Å². The first-order chi connectivity index (χ1) is 9.93. The van der Waals surface area contributed by atoms with Gasteiger partial charge in [0.1, 0.15) is 6.61 Å². The monoisotopic (exact) mass is 267 g/mol. The highest BCUT2D eigenvalue weighted by Gasteiger charge is 2.15. The summed E-state index contributed by atoms with van der Waals surface area (Å²) >= 11 is 0. The molecule has 20 heavy (non-hydrogen) atoms. The highest BCUT2D eigenvalue weighted by molar-refractivity contribution is 5.75. The lowest BCUT2D eigenvalue weighted by molar-refractivity contribution is 0.350. The third-order valence-electron chi connectivity index (χ3n) is 3.34. The van der Waals surface area contributed by atoms with Gasteiger partial charge in [-0.2, -0.15) is 0 Å². The zero-order valence-corrected chi connectivity index (χ0v) is 11.2. The molecule has 1 fully saturated rings. The van der Waals surface area contributed by atoms with Gasteiger partial charge in [-0.1, -0.05) is 30.3 Å². The van der Waals surface area contributed by atoms with E-state index in [1.807, 2.05) is 30.6 Å². The molecule has 0 amide bonds. The number of hydrogen-bond acceptors (Lipinski definition) is 3. The number of ether oxygens (including phenoxy) is 1. The molecule has 2 heterocycles. The first-order valence-corrected chi connectivity index (χ1v) is 6.79. The highest BCUT2D eigenvalue weighted by Crippen LogP contribution is 2.24. The molecule has 2 aromatic rings.